The second-order valence-electron chi connectivity index (χ2n) is 10.1. The molecule has 1 aliphatic heterocycles. The first-order chi connectivity index (χ1) is 18.0. The summed E-state index contributed by atoms with van der Waals surface area (Å²) in [4.78, 5) is 26.3. The van der Waals surface area contributed by atoms with Crippen LogP contribution in [0.25, 0.3) is 16.8 Å². The Labute approximate surface area is 216 Å². The summed E-state index contributed by atoms with van der Waals surface area (Å²) in [7, 11) is 0. The first-order valence-electron chi connectivity index (χ1n) is 13.2. The van der Waals surface area contributed by atoms with E-state index in [1.54, 1.807) is 0 Å². The smallest absolute Gasteiger partial charge is 0.308 e. The predicted octanol–water partition coefficient (Wildman–Crippen LogP) is 6.12. The number of rotatable bonds is 5. The Kier molecular flexibility index (Phi) is 6.24. The Morgan fingerprint density at radius 1 is 1.03 bits per heavy atom. The molecule has 1 aliphatic carbocycles. The van der Waals surface area contributed by atoms with Crippen LogP contribution in [0.2, 0.25) is 0 Å². The minimum atomic E-state index is -0.153. The van der Waals surface area contributed by atoms with Crippen LogP contribution in [-0.4, -0.2) is 31.9 Å². The van der Waals surface area contributed by atoms with Gasteiger partial charge in [-0.15, -0.1) is 0 Å². The largest absolute Gasteiger partial charge is 0.466 e. The number of aromatic nitrogens is 4. The lowest BCUT2D eigenvalue weighted by Crippen LogP contribution is -2.23. The third-order valence-corrected chi connectivity index (χ3v) is 7.86. The van der Waals surface area contributed by atoms with Crippen molar-refractivity contribution in [2.24, 2.45) is 5.92 Å². The van der Waals surface area contributed by atoms with Crippen LogP contribution in [0, 0.1) is 12.8 Å². The molecule has 0 amide bonds. The molecular weight excluding hydrogens is 464 g/mol. The highest BCUT2D eigenvalue weighted by molar-refractivity contribution is 5.72. The number of benzene rings is 1. The van der Waals surface area contributed by atoms with Gasteiger partial charge in [-0.2, -0.15) is 0 Å². The van der Waals surface area contributed by atoms with E-state index in [2.05, 4.69) is 47.9 Å². The summed E-state index contributed by atoms with van der Waals surface area (Å²) in [6, 6.07) is 12.5. The van der Waals surface area contributed by atoms with Crippen molar-refractivity contribution in [2.75, 3.05) is 6.61 Å². The molecule has 7 nitrogen and oxygen atoms in total. The lowest BCUT2D eigenvalue weighted by Gasteiger charge is -2.26. The standard InChI is InChI=1S/C30H32N4O3/c1-4-36-30(35)21-11-9-20(10-12-21)29-31-15-23(16-32-29)22-13-14-26-33-18(2)27(34(26)17-22)28-25-8-6-5-7-24(25)19(3)37-28/h5-8,13-17,19-21,28H,4,9-12H2,1-3H3/t19-,20?,21?,28-/m0/s1. The fourth-order valence-electron chi connectivity index (χ4n) is 5.89. The minimum Gasteiger partial charge on any atom is -0.466 e. The maximum atomic E-state index is 12.1. The Morgan fingerprint density at radius 3 is 2.49 bits per heavy atom. The topological polar surface area (TPSA) is 78.6 Å². The van der Waals surface area contributed by atoms with Crippen molar-refractivity contribution >= 4 is 11.6 Å². The van der Waals surface area contributed by atoms with Gasteiger partial charge in [0.2, 0.25) is 0 Å². The van der Waals surface area contributed by atoms with Crippen LogP contribution in [-0.2, 0) is 14.3 Å². The summed E-state index contributed by atoms with van der Waals surface area (Å²) in [6.45, 7) is 6.44. The highest BCUT2D eigenvalue weighted by Gasteiger charge is 2.33. The first kappa shape index (κ1) is 23.8. The first-order valence-corrected chi connectivity index (χ1v) is 13.2. The Morgan fingerprint density at radius 2 is 1.76 bits per heavy atom. The van der Waals surface area contributed by atoms with Crippen LogP contribution < -0.4 is 0 Å². The molecule has 1 fully saturated rings. The molecule has 37 heavy (non-hydrogen) atoms. The van der Waals surface area contributed by atoms with Gasteiger partial charge < -0.3 is 13.9 Å². The molecule has 6 rings (SSSR count). The number of nitrogens with zero attached hydrogens (tertiary/aromatic N) is 4. The van der Waals surface area contributed by atoms with E-state index in [1.807, 2.05) is 32.3 Å². The molecule has 190 valence electrons. The van der Waals surface area contributed by atoms with E-state index < -0.39 is 0 Å². The Balaban J connectivity index is 1.25. The molecule has 4 aromatic rings. The van der Waals surface area contributed by atoms with Crippen molar-refractivity contribution in [1.29, 1.82) is 0 Å². The van der Waals surface area contributed by atoms with E-state index >= 15 is 0 Å². The Bertz CT molecular complexity index is 1440. The zero-order valence-corrected chi connectivity index (χ0v) is 21.6. The number of hydrogen-bond acceptors (Lipinski definition) is 6. The normalized spacial score (nSPS) is 23.2. The fourth-order valence-corrected chi connectivity index (χ4v) is 5.89. The van der Waals surface area contributed by atoms with E-state index in [0.717, 1.165) is 59.7 Å². The highest BCUT2D eigenvalue weighted by Crippen LogP contribution is 2.43. The SMILES string of the molecule is CCOC(=O)C1CCC(c2ncc(-c3ccc4nc(C)c([C@H]5O[C@@H](C)c6ccccc65)n4c3)cn2)CC1. The van der Waals surface area contributed by atoms with Gasteiger partial charge >= 0.3 is 5.97 Å². The van der Waals surface area contributed by atoms with Crippen LogP contribution in [0.5, 0.6) is 0 Å². The van der Waals surface area contributed by atoms with Gasteiger partial charge in [0.1, 0.15) is 17.6 Å². The number of pyridine rings is 1. The molecule has 3 aromatic heterocycles. The summed E-state index contributed by atoms with van der Waals surface area (Å²) in [6.07, 6.45) is 9.31. The van der Waals surface area contributed by atoms with Gasteiger partial charge in [0, 0.05) is 35.6 Å². The van der Waals surface area contributed by atoms with E-state index in [4.69, 9.17) is 24.4 Å². The number of carbonyl (C=O) groups is 1. The summed E-state index contributed by atoms with van der Waals surface area (Å²) >= 11 is 0. The second-order valence-corrected chi connectivity index (χ2v) is 10.1. The zero-order chi connectivity index (χ0) is 25.5. The van der Waals surface area contributed by atoms with Crippen molar-refractivity contribution < 1.29 is 14.3 Å². The van der Waals surface area contributed by atoms with Gasteiger partial charge in [0.05, 0.1) is 30.0 Å². The number of esters is 1. The van der Waals surface area contributed by atoms with Crippen LogP contribution in [0.15, 0.2) is 55.0 Å². The minimum absolute atomic E-state index is 0.00818. The summed E-state index contributed by atoms with van der Waals surface area (Å²) in [5, 5.41) is 0. The molecule has 1 aromatic carbocycles. The van der Waals surface area contributed by atoms with Crippen molar-refractivity contribution in [3.8, 4) is 11.1 Å². The fraction of sp³-hybridized carbons (Fsp3) is 0.400. The highest BCUT2D eigenvalue weighted by atomic mass is 16.5. The second kappa shape index (κ2) is 9.71. The summed E-state index contributed by atoms with van der Waals surface area (Å²) < 4.78 is 13.8. The zero-order valence-electron chi connectivity index (χ0n) is 21.6. The number of aryl methyl sites for hydroxylation is 1. The van der Waals surface area contributed by atoms with Crippen LogP contribution in [0.1, 0.15) is 86.0 Å². The van der Waals surface area contributed by atoms with Gasteiger partial charge in [-0.05, 0) is 69.7 Å². The molecule has 0 N–H and O–H groups in total. The molecule has 2 aliphatic rings. The van der Waals surface area contributed by atoms with Crippen LogP contribution >= 0.6 is 0 Å². The molecule has 7 heteroatoms. The number of hydrogen-bond donors (Lipinski definition) is 0. The number of fused-ring (bicyclic) bond motifs is 2. The molecule has 0 unspecified atom stereocenters. The van der Waals surface area contributed by atoms with Gasteiger partial charge in [0.15, 0.2) is 0 Å². The maximum Gasteiger partial charge on any atom is 0.308 e. The van der Waals surface area contributed by atoms with E-state index in [1.165, 1.54) is 11.1 Å². The van der Waals surface area contributed by atoms with Crippen molar-refractivity contribution in [1.82, 2.24) is 19.4 Å². The summed E-state index contributed by atoms with van der Waals surface area (Å²) in [5.74, 6) is 1.08. The molecule has 0 spiro atoms. The Hall–Kier alpha value is -3.58. The van der Waals surface area contributed by atoms with Crippen LogP contribution in [0.3, 0.4) is 0 Å². The molecule has 0 radical (unpaired) electrons. The van der Waals surface area contributed by atoms with Crippen LogP contribution in [0.4, 0.5) is 0 Å². The van der Waals surface area contributed by atoms with Gasteiger partial charge in [-0.3, -0.25) is 4.79 Å². The van der Waals surface area contributed by atoms with Gasteiger partial charge in [-0.25, -0.2) is 15.0 Å². The predicted molar refractivity (Wildman–Crippen MR) is 140 cm³/mol. The molecule has 1 saturated carbocycles. The summed E-state index contributed by atoms with van der Waals surface area (Å²) in [5.41, 5.74) is 7.36. The van der Waals surface area contributed by atoms with Crippen molar-refractivity contribution in [2.45, 2.75) is 64.6 Å². The third kappa shape index (κ3) is 4.31. The molecule has 0 saturated heterocycles. The van der Waals surface area contributed by atoms with E-state index in [-0.39, 0.29) is 30.0 Å². The average Bonchev–Trinajstić information content (AvgIpc) is 3.44. The van der Waals surface area contributed by atoms with Gasteiger partial charge in [0.25, 0.3) is 0 Å². The molecular formula is C30H32N4O3. The van der Waals surface area contributed by atoms with E-state index in [0.29, 0.717) is 6.61 Å². The lowest BCUT2D eigenvalue weighted by atomic mass is 9.81. The quantitative estimate of drug-likeness (QED) is 0.310. The van der Waals surface area contributed by atoms with E-state index in [9.17, 15) is 4.79 Å². The molecule has 4 heterocycles. The average molecular weight is 497 g/mol. The third-order valence-electron chi connectivity index (χ3n) is 7.86. The molecule has 0 bridgehead atoms. The number of imidazole rings is 1. The van der Waals surface area contributed by atoms with Crippen molar-refractivity contribution in [3.63, 3.8) is 0 Å². The number of carbonyl (C=O) groups excluding carboxylic acids is 1. The maximum absolute atomic E-state index is 12.1. The van der Waals surface area contributed by atoms with Crippen molar-refractivity contribution in [3.05, 3.63) is 83.3 Å². The van der Waals surface area contributed by atoms with Gasteiger partial charge in [-0.1, -0.05) is 24.3 Å². The number of ether oxygens (including phenoxy) is 2. The lowest BCUT2D eigenvalue weighted by molar-refractivity contribution is -0.149. The molecule has 2 atom stereocenters. The monoisotopic (exact) mass is 496 g/mol.